The summed E-state index contributed by atoms with van der Waals surface area (Å²) in [5.74, 6) is -1.41. The van der Waals surface area contributed by atoms with Gasteiger partial charge in [-0.2, -0.15) is 0 Å². The Morgan fingerprint density at radius 2 is 1.70 bits per heavy atom. The van der Waals surface area contributed by atoms with Crippen LogP contribution in [-0.4, -0.2) is 40.6 Å². The number of hydrogen-bond donors (Lipinski definition) is 1. The average molecular weight is 465 g/mol. The molecule has 7 heteroatoms. The zero-order valence-electron chi connectivity index (χ0n) is 17.0. The lowest BCUT2D eigenvalue weighted by Crippen LogP contribution is -2.27. The third-order valence-corrected chi connectivity index (χ3v) is 6.50. The predicted molar refractivity (Wildman–Crippen MR) is 128 cm³/mol. The van der Waals surface area contributed by atoms with Crippen molar-refractivity contribution in [1.29, 1.82) is 0 Å². The Kier molecular flexibility index (Phi) is 9.31. The maximum Gasteiger partial charge on any atom is 0.311 e. The van der Waals surface area contributed by atoms with Crippen LogP contribution in [0.1, 0.15) is 31.1 Å². The number of aromatic nitrogens is 1. The summed E-state index contributed by atoms with van der Waals surface area (Å²) in [5, 5.41) is 11.5. The molecule has 0 saturated heterocycles. The molecule has 1 atom stereocenters. The zero-order chi connectivity index (χ0) is 20.8. The number of carboxylic acids is 1. The van der Waals surface area contributed by atoms with Gasteiger partial charge in [0.2, 0.25) is 0 Å². The molecule has 0 radical (unpaired) electrons. The molecule has 0 aliphatic rings. The number of hydrogen-bond acceptors (Lipinski definition) is 4. The molecule has 2 aromatic carbocycles. The number of carboxylic acid groups (broad SMARTS) is 1. The van der Waals surface area contributed by atoms with E-state index in [1.54, 1.807) is 0 Å². The number of aliphatic carboxylic acids is 1. The molecule has 30 heavy (non-hydrogen) atoms. The molecule has 0 amide bonds. The van der Waals surface area contributed by atoms with E-state index in [2.05, 4.69) is 18.7 Å². The Bertz CT molecular complexity index is 942. The van der Waals surface area contributed by atoms with Crippen molar-refractivity contribution in [1.82, 2.24) is 9.88 Å². The molecule has 0 spiro atoms. The van der Waals surface area contributed by atoms with E-state index in [1.165, 1.54) is 11.3 Å². The molecular formula is C23H26Cl2N2O2S. The highest BCUT2D eigenvalue weighted by molar-refractivity contribution is 7.15. The summed E-state index contributed by atoms with van der Waals surface area (Å²) in [6.45, 7) is 6.75. The Balaban J connectivity index is 0.00000320. The highest BCUT2D eigenvalue weighted by atomic mass is 35.5. The van der Waals surface area contributed by atoms with Crippen LogP contribution in [-0.2, 0) is 4.79 Å². The molecule has 0 aliphatic carbocycles. The highest BCUT2D eigenvalue weighted by Gasteiger charge is 2.28. The van der Waals surface area contributed by atoms with E-state index in [0.29, 0.717) is 11.4 Å². The van der Waals surface area contributed by atoms with Crippen molar-refractivity contribution in [2.45, 2.75) is 26.2 Å². The van der Waals surface area contributed by atoms with E-state index in [9.17, 15) is 9.90 Å². The summed E-state index contributed by atoms with van der Waals surface area (Å²) < 4.78 is 0. The lowest BCUT2D eigenvalue weighted by Gasteiger charge is -2.20. The topological polar surface area (TPSA) is 53.4 Å². The summed E-state index contributed by atoms with van der Waals surface area (Å²) in [5.41, 5.74) is 2.61. The Hall–Kier alpha value is -1.92. The van der Waals surface area contributed by atoms with Crippen LogP contribution >= 0.6 is 35.3 Å². The van der Waals surface area contributed by atoms with Crippen molar-refractivity contribution in [2.24, 2.45) is 0 Å². The van der Waals surface area contributed by atoms with Crippen molar-refractivity contribution in [3.8, 4) is 21.8 Å². The van der Waals surface area contributed by atoms with Crippen LogP contribution in [0.4, 0.5) is 0 Å². The standard InChI is InChI=1S/C23H25ClN2O2S.ClH/c1-3-26(4-2)15-14-19(23(27)28)21-20(16-10-12-18(24)13-11-16)25-22(29-21)17-8-6-5-7-9-17;/h5-13,19H,3-4,14-15H2,1-2H3,(H,27,28);1H. The van der Waals surface area contributed by atoms with Gasteiger partial charge in [0, 0.05) is 21.0 Å². The molecule has 4 nitrogen and oxygen atoms in total. The Morgan fingerprint density at radius 3 is 2.27 bits per heavy atom. The van der Waals surface area contributed by atoms with Crippen LogP contribution in [0.3, 0.4) is 0 Å². The molecule has 1 unspecified atom stereocenters. The fraction of sp³-hybridized carbons (Fsp3) is 0.304. The first kappa shape index (κ1) is 24.4. The van der Waals surface area contributed by atoms with Gasteiger partial charge < -0.3 is 10.0 Å². The maximum atomic E-state index is 12.2. The molecule has 1 heterocycles. The Labute approximate surface area is 192 Å². The molecule has 0 bridgehead atoms. The van der Waals surface area contributed by atoms with Gasteiger partial charge in [-0.05, 0) is 38.2 Å². The normalized spacial score (nSPS) is 11.9. The number of nitrogens with zero attached hydrogens (tertiary/aromatic N) is 2. The molecule has 0 fully saturated rings. The van der Waals surface area contributed by atoms with Gasteiger partial charge in [0.05, 0.1) is 11.6 Å². The van der Waals surface area contributed by atoms with Crippen LogP contribution in [0.15, 0.2) is 54.6 Å². The quantitative estimate of drug-likeness (QED) is 0.395. The van der Waals surface area contributed by atoms with Crippen LogP contribution in [0.25, 0.3) is 21.8 Å². The van der Waals surface area contributed by atoms with E-state index in [-0.39, 0.29) is 12.4 Å². The van der Waals surface area contributed by atoms with Crippen molar-refractivity contribution in [2.75, 3.05) is 19.6 Å². The minimum atomic E-state index is -0.810. The van der Waals surface area contributed by atoms with Crippen LogP contribution in [0, 0.1) is 0 Å². The minimum Gasteiger partial charge on any atom is -0.481 e. The second kappa shape index (κ2) is 11.5. The lowest BCUT2D eigenvalue weighted by molar-refractivity contribution is -0.139. The van der Waals surface area contributed by atoms with Crippen LogP contribution in [0.5, 0.6) is 0 Å². The molecule has 3 rings (SSSR count). The minimum absolute atomic E-state index is 0. The smallest absolute Gasteiger partial charge is 0.311 e. The number of thiazole rings is 1. The molecule has 3 aromatic rings. The SMILES string of the molecule is CCN(CC)CCC(C(=O)O)c1sc(-c2ccccc2)nc1-c1ccc(Cl)cc1.Cl. The van der Waals surface area contributed by atoms with E-state index < -0.39 is 11.9 Å². The van der Waals surface area contributed by atoms with Crippen molar-refractivity contribution < 1.29 is 9.90 Å². The van der Waals surface area contributed by atoms with Gasteiger partial charge in [-0.25, -0.2) is 4.98 Å². The van der Waals surface area contributed by atoms with Crippen LogP contribution in [0.2, 0.25) is 5.02 Å². The van der Waals surface area contributed by atoms with Gasteiger partial charge in [-0.15, -0.1) is 23.7 Å². The number of carbonyl (C=O) groups is 1. The average Bonchev–Trinajstić information content (AvgIpc) is 3.17. The van der Waals surface area contributed by atoms with E-state index in [4.69, 9.17) is 16.6 Å². The molecule has 160 valence electrons. The van der Waals surface area contributed by atoms with Crippen molar-refractivity contribution in [3.05, 3.63) is 64.5 Å². The van der Waals surface area contributed by atoms with Gasteiger partial charge in [0.1, 0.15) is 5.01 Å². The fourth-order valence-corrected chi connectivity index (χ4v) is 4.65. The van der Waals surface area contributed by atoms with E-state index >= 15 is 0 Å². The maximum absolute atomic E-state index is 12.2. The monoisotopic (exact) mass is 464 g/mol. The largest absolute Gasteiger partial charge is 0.481 e. The first-order valence-electron chi connectivity index (χ1n) is 9.80. The van der Waals surface area contributed by atoms with E-state index in [0.717, 1.165) is 46.3 Å². The Morgan fingerprint density at radius 1 is 1.07 bits per heavy atom. The molecule has 0 saturated carbocycles. The summed E-state index contributed by atoms with van der Waals surface area (Å²) in [6.07, 6.45) is 0.550. The third kappa shape index (κ3) is 5.82. The van der Waals surface area contributed by atoms with E-state index in [1.807, 2.05) is 54.6 Å². The predicted octanol–water partition coefficient (Wildman–Crippen LogP) is 6.45. The summed E-state index contributed by atoms with van der Waals surface area (Å²) in [4.78, 5) is 20.1. The zero-order valence-corrected chi connectivity index (χ0v) is 19.4. The van der Waals surface area contributed by atoms with Gasteiger partial charge in [-0.1, -0.05) is 67.9 Å². The summed E-state index contributed by atoms with van der Waals surface area (Å²) >= 11 is 7.52. The summed E-state index contributed by atoms with van der Waals surface area (Å²) in [6, 6.07) is 17.3. The first-order chi connectivity index (χ1) is 14.0. The van der Waals surface area contributed by atoms with Gasteiger partial charge in [0.15, 0.2) is 0 Å². The van der Waals surface area contributed by atoms with Crippen LogP contribution < -0.4 is 0 Å². The number of rotatable bonds is 9. The van der Waals surface area contributed by atoms with Crippen molar-refractivity contribution >= 4 is 41.3 Å². The molecule has 1 N–H and O–H groups in total. The highest BCUT2D eigenvalue weighted by Crippen LogP contribution is 2.40. The van der Waals surface area contributed by atoms with Gasteiger partial charge in [0.25, 0.3) is 0 Å². The van der Waals surface area contributed by atoms with Gasteiger partial charge >= 0.3 is 5.97 Å². The molecular weight excluding hydrogens is 439 g/mol. The van der Waals surface area contributed by atoms with Crippen molar-refractivity contribution in [3.63, 3.8) is 0 Å². The summed E-state index contributed by atoms with van der Waals surface area (Å²) in [7, 11) is 0. The number of halogens is 2. The van der Waals surface area contributed by atoms with Gasteiger partial charge in [-0.3, -0.25) is 4.79 Å². The first-order valence-corrected chi connectivity index (χ1v) is 11.0. The molecule has 1 aromatic heterocycles. The second-order valence-corrected chi connectivity index (χ2v) is 8.28. The number of benzene rings is 2. The molecule has 0 aliphatic heterocycles. The lowest BCUT2D eigenvalue weighted by atomic mass is 9.99. The fourth-order valence-electron chi connectivity index (χ4n) is 3.31. The second-order valence-electron chi connectivity index (χ2n) is 6.81. The third-order valence-electron chi connectivity index (χ3n) is 5.03.